The van der Waals surface area contributed by atoms with Crippen LogP contribution in [0.4, 0.5) is 0 Å². The molecule has 3 nitrogen and oxygen atoms in total. The molecule has 1 heterocycles. The first-order valence-electron chi connectivity index (χ1n) is 5.96. The Labute approximate surface area is 116 Å². The molecular weight excluding hydrogens is 273 g/mol. The molecule has 1 amide bonds. The van der Waals surface area contributed by atoms with Gasteiger partial charge in [0.1, 0.15) is 0 Å². The van der Waals surface area contributed by atoms with E-state index in [1.54, 1.807) is 23.1 Å². The minimum atomic E-state index is -0.0384. The molecule has 98 valence electrons. The number of aliphatic hydroxyl groups excluding tert-OH is 1. The van der Waals surface area contributed by atoms with Gasteiger partial charge in [-0.3, -0.25) is 4.79 Å². The molecule has 0 saturated carbocycles. The summed E-state index contributed by atoms with van der Waals surface area (Å²) in [6.45, 7) is 0.745. The molecule has 1 aromatic carbocycles. The van der Waals surface area contributed by atoms with Crippen molar-refractivity contribution < 1.29 is 9.90 Å². The third kappa shape index (κ3) is 2.97. The van der Waals surface area contributed by atoms with Crippen LogP contribution in [-0.4, -0.2) is 35.1 Å². The Balaban J connectivity index is 2.07. The van der Waals surface area contributed by atoms with Crippen LogP contribution >= 0.6 is 23.2 Å². The van der Waals surface area contributed by atoms with Crippen LogP contribution in [0.5, 0.6) is 0 Å². The van der Waals surface area contributed by atoms with Crippen molar-refractivity contribution in [1.29, 1.82) is 0 Å². The van der Waals surface area contributed by atoms with Crippen molar-refractivity contribution in [2.24, 2.45) is 0 Å². The third-order valence-corrected chi connectivity index (χ3v) is 3.85. The van der Waals surface area contributed by atoms with E-state index in [0.717, 1.165) is 24.9 Å². The zero-order valence-corrected chi connectivity index (χ0v) is 11.4. The minimum absolute atomic E-state index is 0.00997. The molecule has 1 atom stereocenters. The van der Waals surface area contributed by atoms with E-state index in [2.05, 4.69) is 0 Å². The number of rotatable bonds is 3. The van der Waals surface area contributed by atoms with Crippen LogP contribution < -0.4 is 0 Å². The Morgan fingerprint density at radius 1 is 1.44 bits per heavy atom. The maximum absolute atomic E-state index is 12.1. The number of likely N-dealkylation sites (tertiary alicyclic amines) is 1. The van der Waals surface area contributed by atoms with Crippen molar-refractivity contribution in [2.75, 3.05) is 13.2 Å². The predicted molar refractivity (Wildman–Crippen MR) is 72.0 cm³/mol. The van der Waals surface area contributed by atoms with Crippen LogP contribution in [0.25, 0.3) is 0 Å². The lowest BCUT2D eigenvalue weighted by Crippen LogP contribution is -2.38. The van der Waals surface area contributed by atoms with Crippen molar-refractivity contribution in [2.45, 2.75) is 25.3 Å². The van der Waals surface area contributed by atoms with Crippen molar-refractivity contribution in [3.63, 3.8) is 0 Å². The average molecular weight is 288 g/mol. The molecule has 0 unspecified atom stereocenters. The van der Waals surface area contributed by atoms with Gasteiger partial charge in [0.25, 0.3) is 0 Å². The van der Waals surface area contributed by atoms with E-state index in [0.29, 0.717) is 10.0 Å². The zero-order valence-electron chi connectivity index (χ0n) is 9.90. The molecule has 0 spiro atoms. The van der Waals surface area contributed by atoms with Gasteiger partial charge >= 0.3 is 0 Å². The summed E-state index contributed by atoms with van der Waals surface area (Å²) < 4.78 is 0. The molecule has 1 N–H and O–H groups in total. The number of amides is 1. The maximum Gasteiger partial charge on any atom is 0.227 e. The third-order valence-electron chi connectivity index (χ3n) is 3.27. The second kappa shape index (κ2) is 5.91. The molecule has 0 aromatic heterocycles. The Morgan fingerprint density at radius 3 is 2.89 bits per heavy atom. The van der Waals surface area contributed by atoms with E-state index in [9.17, 15) is 9.90 Å². The van der Waals surface area contributed by atoms with Gasteiger partial charge in [0.2, 0.25) is 5.91 Å². The minimum Gasteiger partial charge on any atom is -0.394 e. The zero-order chi connectivity index (χ0) is 13.1. The molecular formula is C13H15Cl2NO2. The summed E-state index contributed by atoms with van der Waals surface area (Å²) in [7, 11) is 0. The van der Waals surface area contributed by atoms with E-state index in [1.165, 1.54) is 0 Å². The first-order valence-corrected chi connectivity index (χ1v) is 6.71. The molecule has 0 bridgehead atoms. The van der Waals surface area contributed by atoms with E-state index >= 15 is 0 Å². The summed E-state index contributed by atoms with van der Waals surface area (Å²) in [5.74, 6) is 0.00997. The SMILES string of the molecule is O=C(Cc1ccc(Cl)cc1Cl)N1CCC[C@H]1CO. The number of hydrogen-bond donors (Lipinski definition) is 1. The van der Waals surface area contributed by atoms with Crippen LogP contribution in [0.2, 0.25) is 10.0 Å². The topological polar surface area (TPSA) is 40.5 Å². The first-order chi connectivity index (χ1) is 8.61. The monoisotopic (exact) mass is 287 g/mol. The quantitative estimate of drug-likeness (QED) is 0.928. The van der Waals surface area contributed by atoms with Crippen LogP contribution in [0, 0.1) is 0 Å². The summed E-state index contributed by atoms with van der Waals surface area (Å²) in [6.07, 6.45) is 2.08. The number of carbonyl (C=O) groups is 1. The second-order valence-corrected chi connectivity index (χ2v) is 5.32. The molecule has 1 saturated heterocycles. The molecule has 0 radical (unpaired) electrons. The highest BCUT2D eigenvalue weighted by Gasteiger charge is 2.28. The van der Waals surface area contributed by atoms with Crippen molar-refractivity contribution in [3.8, 4) is 0 Å². The van der Waals surface area contributed by atoms with E-state index in [1.807, 2.05) is 0 Å². The summed E-state index contributed by atoms with van der Waals surface area (Å²) in [4.78, 5) is 13.9. The van der Waals surface area contributed by atoms with Gasteiger partial charge in [0, 0.05) is 16.6 Å². The highest BCUT2D eigenvalue weighted by atomic mass is 35.5. The lowest BCUT2D eigenvalue weighted by atomic mass is 10.1. The fourth-order valence-electron chi connectivity index (χ4n) is 2.28. The molecule has 0 aliphatic carbocycles. The van der Waals surface area contributed by atoms with Gasteiger partial charge in [-0.1, -0.05) is 29.3 Å². The smallest absolute Gasteiger partial charge is 0.227 e. The highest BCUT2D eigenvalue weighted by molar-refractivity contribution is 6.35. The number of carbonyl (C=O) groups excluding carboxylic acids is 1. The number of halogens is 2. The number of nitrogens with zero attached hydrogens (tertiary/aromatic N) is 1. The summed E-state index contributed by atoms with van der Waals surface area (Å²) in [5.41, 5.74) is 0.773. The summed E-state index contributed by atoms with van der Waals surface area (Å²) >= 11 is 11.9. The Morgan fingerprint density at radius 2 is 2.22 bits per heavy atom. The lowest BCUT2D eigenvalue weighted by molar-refractivity contribution is -0.131. The van der Waals surface area contributed by atoms with Crippen molar-refractivity contribution in [1.82, 2.24) is 4.90 Å². The average Bonchev–Trinajstić information content (AvgIpc) is 2.81. The van der Waals surface area contributed by atoms with Gasteiger partial charge in [0.05, 0.1) is 19.1 Å². The number of aliphatic hydroxyl groups is 1. The highest BCUT2D eigenvalue weighted by Crippen LogP contribution is 2.23. The predicted octanol–water partition coefficient (Wildman–Crippen LogP) is 2.52. The van der Waals surface area contributed by atoms with Crippen molar-refractivity contribution in [3.05, 3.63) is 33.8 Å². The molecule has 1 fully saturated rings. The van der Waals surface area contributed by atoms with Gasteiger partial charge < -0.3 is 10.0 Å². The fraction of sp³-hybridized carbons (Fsp3) is 0.462. The molecule has 5 heteroatoms. The lowest BCUT2D eigenvalue weighted by Gasteiger charge is -2.23. The second-order valence-electron chi connectivity index (χ2n) is 4.48. The van der Waals surface area contributed by atoms with Crippen LogP contribution in [0.1, 0.15) is 18.4 Å². The summed E-state index contributed by atoms with van der Waals surface area (Å²) in [6, 6.07) is 5.10. The van der Waals surface area contributed by atoms with Gasteiger partial charge in [-0.2, -0.15) is 0 Å². The van der Waals surface area contributed by atoms with Gasteiger partial charge in [-0.25, -0.2) is 0 Å². The molecule has 2 rings (SSSR count). The Hall–Kier alpha value is -0.770. The molecule has 1 aromatic rings. The van der Waals surface area contributed by atoms with E-state index in [4.69, 9.17) is 23.2 Å². The van der Waals surface area contributed by atoms with Crippen molar-refractivity contribution >= 4 is 29.1 Å². The normalized spacial score (nSPS) is 19.3. The van der Waals surface area contributed by atoms with Crippen LogP contribution in [0.3, 0.4) is 0 Å². The fourth-order valence-corrected chi connectivity index (χ4v) is 2.76. The molecule has 1 aliphatic rings. The number of hydrogen-bond acceptors (Lipinski definition) is 2. The van der Waals surface area contributed by atoms with Gasteiger partial charge in [-0.15, -0.1) is 0 Å². The van der Waals surface area contributed by atoms with Gasteiger partial charge in [-0.05, 0) is 30.5 Å². The van der Waals surface area contributed by atoms with Crippen LogP contribution in [-0.2, 0) is 11.2 Å². The van der Waals surface area contributed by atoms with E-state index < -0.39 is 0 Å². The number of benzene rings is 1. The van der Waals surface area contributed by atoms with Crippen LogP contribution in [0.15, 0.2) is 18.2 Å². The Kier molecular flexibility index (Phi) is 4.49. The van der Waals surface area contributed by atoms with E-state index in [-0.39, 0.29) is 25.0 Å². The Bertz CT molecular complexity index is 451. The first kappa shape index (κ1) is 13.7. The summed E-state index contributed by atoms with van der Waals surface area (Å²) in [5, 5.41) is 10.3. The largest absolute Gasteiger partial charge is 0.394 e. The molecule has 18 heavy (non-hydrogen) atoms. The maximum atomic E-state index is 12.1. The van der Waals surface area contributed by atoms with Gasteiger partial charge in [0.15, 0.2) is 0 Å². The standard InChI is InChI=1S/C13H15Cl2NO2/c14-10-4-3-9(12(15)7-10)6-13(18)16-5-1-2-11(16)8-17/h3-4,7,11,17H,1-2,5-6,8H2/t11-/m0/s1. The molecule has 1 aliphatic heterocycles.